The van der Waals surface area contributed by atoms with Crippen LogP contribution in [0.2, 0.25) is 0 Å². The normalized spacial score (nSPS) is 29.5. The average molecular weight is 443 g/mol. The Balaban J connectivity index is 1.39. The molecule has 2 saturated carbocycles. The lowest BCUT2D eigenvalue weighted by molar-refractivity contribution is -0.151. The molecule has 3 N–H and O–H groups in total. The first kappa shape index (κ1) is 20.7. The largest absolute Gasteiger partial charge is 0.481 e. The molecule has 2 bridgehead atoms. The van der Waals surface area contributed by atoms with E-state index >= 15 is 0 Å². The molecular weight excluding hydrogens is 412 g/mol. The molecule has 0 aromatic carbocycles. The minimum Gasteiger partial charge on any atom is -0.481 e. The zero-order valence-electron chi connectivity index (χ0n) is 17.7. The molecule has 6 nitrogen and oxygen atoms in total. The quantitative estimate of drug-likeness (QED) is 0.597. The van der Waals surface area contributed by atoms with Crippen LogP contribution in [0, 0.1) is 23.7 Å². The predicted molar refractivity (Wildman–Crippen MR) is 119 cm³/mol. The molecule has 5 aliphatic carbocycles. The number of carboxylic acid groups (broad SMARTS) is 1. The summed E-state index contributed by atoms with van der Waals surface area (Å²) in [5, 5.41) is 16.6. The van der Waals surface area contributed by atoms with Gasteiger partial charge in [-0.15, -0.1) is 11.3 Å². The lowest BCUT2D eigenvalue weighted by Gasteiger charge is -2.41. The lowest BCUT2D eigenvalue weighted by atomic mass is 9.62. The van der Waals surface area contributed by atoms with E-state index in [2.05, 4.69) is 10.6 Å². The van der Waals surface area contributed by atoms with Crippen LogP contribution < -0.4 is 10.6 Å². The van der Waals surface area contributed by atoms with Gasteiger partial charge in [0.1, 0.15) is 5.00 Å². The van der Waals surface area contributed by atoms with E-state index in [1.807, 2.05) is 12.2 Å². The molecule has 6 rings (SSSR count). The summed E-state index contributed by atoms with van der Waals surface area (Å²) in [4.78, 5) is 39.7. The fraction of sp³-hybridized carbons (Fsp3) is 0.625. The van der Waals surface area contributed by atoms with Crippen LogP contribution in [0.5, 0.6) is 0 Å². The van der Waals surface area contributed by atoms with Crippen LogP contribution >= 0.6 is 11.3 Å². The smallest absolute Gasteiger partial charge is 0.307 e. The number of allylic oxidation sites excluding steroid dienone is 2. The maximum Gasteiger partial charge on any atom is 0.307 e. The van der Waals surface area contributed by atoms with Gasteiger partial charge in [0.2, 0.25) is 5.91 Å². The number of carbonyl (C=O) groups excluding carboxylic acids is 2. The predicted octanol–water partition coefficient (Wildman–Crippen LogP) is 4.15. The molecule has 7 heteroatoms. The number of nitrogens with one attached hydrogen (secondary N) is 2. The summed E-state index contributed by atoms with van der Waals surface area (Å²) in [6.45, 7) is 0. The van der Waals surface area contributed by atoms with Gasteiger partial charge in [-0.05, 0) is 62.3 Å². The number of carbonyl (C=O) groups is 3. The van der Waals surface area contributed by atoms with Gasteiger partial charge in [-0.2, -0.15) is 0 Å². The summed E-state index contributed by atoms with van der Waals surface area (Å²) >= 11 is 1.50. The van der Waals surface area contributed by atoms with Gasteiger partial charge in [-0.3, -0.25) is 14.4 Å². The van der Waals surface area contributed by atoms with E-state index < -0.39 is 17.8 Å². The third-order valence-electron chi connectivity index (χ3n) is 7.66. The maximum atomic E-state index is 13.3. The van der Waals surface area contributed by atoms with Crippen LogP contribution in [-0.2, 0) is 22.4 Å². The molecule has 1 aromatic heterocycles. The van der Waals surface area contributed by atoms with Gasteiger partial charge >= 0.3 is 5.97 Å². The molecule has 2 fully saturated rings. The van der Waals surface area contributed by atoms with E-state index in [1.54, 1.807) is 0 Å². The van der Waals surface area contributed by atoms with Crippen molar-refractivity contribution >= 4 is 34.1 Å². The maximum absolute atomic E-state index is 13.3. The number of aliphatic carboxylic acids is 1. The van der Waals surface area contributed by atoms with E-state index in [4.69, 9.17) is 0 Å². The minimum absolute atomic E-state index is 0.0441. The number of hydrogen-bond acceptors (Lipinski definition) is 4. The molecule has 0 saturated heterocycles. The zero-order valence-corrected chi connectivity index (χ0v) is 18.5. The van der Waals surface area contributed by atoms with Crippen molar-refractivity contribution in [1.82, 2.24) is 5.32 Å². The molecular formula is C24H30N2O4S. The van der Waals surface area contributed by atoms with Crippen molar-refractivity contribution in [2.45, 2.75) is 70.3 Å². The highest BCUT2D eigenvalue weighted by Gasteiger charge is 2.48. The summed E-state index contributed by atoms with van der Waals surface area (Å²) in [6.07, 6.45) is 14.0. The van der Waals surface area contributed by atoms with Crippen LogP contribution in [0.4, 0.5) is 5.00 Å². The fourth-order valence-electron chi connectivity index (χ4n) is 6.12. The molecule has 0 spiro atoms. The molecule has 0 aliphatic heterocycles. The zero-order chi connectivity index (χ0) is 21.5. The van der Waals surface area contributed by atoms with Crippen molar-refractivity contribution < 1.29 is 19.5 Å². The summed E-state index contributed by atoms with van der Waals surface area (Å²) in [5.41, 5.74) is 1.70. The Morgan fingerprint density at radius 2 is 1.61 bits per heavy atom. The Morgan fingerprint density at radius 3 is 2.29 bits per heavy atom. The molecule has 2 amide bonds. The molecule has 1 heterocycles. The Morgan fingerprint density at radius 1 is 0.903 bits per heavy atom. The standard InChI is InChI=1S/C24H30N2O4S/c27-21(18-13-9-11-14(12-10-13)19(18)24(29)30)26-23-20(16-7-4-8-17(16)31-23)22(28)25-15-5-2-1-3-6-15/h9,11,13-15,18-19H,1-8,10,12H2,(H,25,28)(H,26,27)(H,29,30)/t13-,14-,18-,19-/m0/s1. The van der Waals surface area contributed by atoms with Crippen LogP contribution in [0.1, 0.15) is 72.2 Å². The number of amides is 2. The van der Waals surface area contributed by atoms with E-state index in [1.165, 1.54) is 22.6 Å². The molecule has 166 valence electrons. The molecule has 0 unspecified atom stereocenters. The lowest BCUT2D eigenvalue weighted by Crippen LogP contribution is -2.47. The Labute approximate surface area is 186 Å². The summed E-state index contributed by atoms with van der Waals surface area (Å²) in [6, 6.07) is 0.206. The highest BCUT2D eigenvalue weighted by atomic mass is 32.1. The SMILES string of the molecule is O=C(NC1CCCCC1)c1c(NC(=O)[C@@H]2[C@@H](C(=O)O)[C@H]3C=C[C@H]2CC3)sc2c1CCC2. The number of fused-ring (bicyclic) bond motifs is 3. The summed E-state index contributed by atoms with van der Waals surface area (Å²) < 4.78 is 0. The topological polar surface area (TPSA) is 95.5 Å². The van der Waals surface area contributed by atoms with Crippen molar-refractivity contribution in [2.75, 3.05) is 5.32 Å². The fourth-order valence-corrected chi connectivity index (χ4v) is 7.41. The molecule has 0 radical (unpaired) electrons. The monoisotopic (exact) mass is 442 g/mol. The number of thiophene rings is 1. The van der Waals surface area contributed by atoms with Gasteiger partial charge in [0, 0.05) is 10.9 Å². The van der Waals surface area contributed by atoms with Crippen molar-refractivity contribution in [3.63, 3.8) is 0 Å². The first-order valence-electron chi connectivity index (χ1n) is 11.7. The van der Waals surface area contributed by atoms with Crippen molar-refractivity contribution in [1.29, 1.82) is 0 Å². The van der Waals surface area contributed by atoms with E-state index in [0.717, 1.165) is 63.4 Å². The Kier molecular flexibility index (Phi) is 5.63. The van der Waals surface area contributed by atoms with Gasteiger partial charge in [-0.1, -0.05) is 31.4 Å². The van der Waals surface area contributed by atoms with Gasteiger partial charge < -0.3 is 15.7 Å². The third kappa shape index (κ3) is 3.81. The Bertz CT molecular complexity index is 930. The highest BCUT2D eigenvalue weighted by Crippen LogP contribution is 2.46. The van der Waals surface area contributed by atoms with Gasteiger partial charge in [-0.25, -0.2) is 0 Å². The number of anilines is 1. The number of rotatable bonds is 5. The van der Waals surface area contributed by atoms with Crippen LogP contribution in [0.25, 0.3) is 0 Å². The van der Waals surface area contributed by atoms with Crippen molar-refractivity contribution in [3.05, 3.63) is 28.2 Å². The molecule has 1 aromatic rings. The number of aryl methyl sites for hydroxylation is 1. The van der Waals surface area contributed by atoms with E-state index in [0.29, 0.717) is 10.6 Å². The van der Waals surface area contributed by atoms with Gasteiger partial charge in [0.05, 0.1) is 17.4 Å². The molecule has 5 aliphatic rings. The molecule has 4 atom stereocenters. The Hall–Kier alpha value is -2.15. The number of hydrogen-bond donors (Lipinski definition) is 3. The van der Waals surface area contributed by atoms with Crippen LogP contribution in [-0.4, -0.2) is 28.9 Å². The van der Waals surface area contributed by atoms with Crippen LogP contribution in [0.15, 0.2) is 12.2 Å². The van der Waals surface area contributed by atoms with Crippen molar-refractivity contribution in [2.24, 2.45) is 23.7 Å². The first-order chi connectivity index (χ1) is 15.0. The van der Waals surface area contributed by atoms with Gasteiger partial charge in [0.15, 0.2) is 0 Å². The molecule has 31 heavy (non-hydrogen) atoms. The third-order valence-corrected chi connectivity index (χ3v) is 8.87. The first-order valence-corrected chi connectivity index (χ1v) is 12.5. The van der Waals surface area contributed by atoms with E-state index in [9.17, 15) is 19.5 Å². The van der Waals surface area contributed by atoms with Crippen molar-refractivity contribution in [3.8, 4) is 0 Å². The summed E-state index contributed by atoms with van der Waals surface area (Å²) in [5.74, 6) is -2.62. The second-order valence-electron chi connectivity index (χ2n) is 9.54. The average Bonchev–Trinajstić information content (AvgIpc) is 3.35. The number of carboxylic acids is 1. The second-order valence-corrected chi connectivity index (χ2v) is 10.6. The second kappa shape index (κ2) is 8.41. The van der Waals surface area contributed by atoms with Crippen LogP contribution in [0.3, 0.4) is 0 Å². The van der Waals surface area contributed by atoms with Gasteiger partial charge in [0.25, 0.3) is 5.91 Å². The van der Waals surface area contributed by atoms with E-state index in [-0.39, 0.29) is 29.7 Å². The minimum atomic E-state index is -0.900. The summed E-state index contributed by atoms with van der Waals surface area (Å²) in [7, 11) is 0. The highest BCUT2D eigenvalue weighted by molar-refractivity contribution is 7.17.